The third kappa shape index (κ3) is 19.5. The number of rotatable bonds is 18. The molecule has 1 aliphatic heterocycles. The maximum Gasteiger partial charge on any atom is 0.244 e. The van der Waals surface area contributed by atoms with Crippen LogP contribution >= 0.6 is 20.7 Å². The first-order valence-corrected chi connectivity index (χ1v) is 38.9. The predicted octanol–water partition coefficient (Wildman–Crippen LogP) is 13.7. The zero-order valence-corrected chi connectivity index (χ0v) is 58.3. The van der Waals surface area contributed by atoms with E-state index in [2.05, 4.69) is 211 Å². The van der Waals surface area contributed by atoms with Crippen LogP contribution in [0.5, 0.6) is 11.5 Å². The summed E-state index contributed by atoms with van der Waals surface area (Å²) in [5, 5.41) is 11.1. The van der Waals surface area contributed by atoms with Crippen LogP contribution < -0.4 is 67.7 Å². The fraction of sp³-hybridized carbons (Fsp3) is 0.146. The molecule has 0 bridgehead atoms. The summed E-state index contributed by atoms with van der Waals surface area (Å²) in [5.41, 5.74) is 7.24. The Kier molecular flexibility index (Phi) is 28.5. The largest absolute Gasteiger partial charge is 0.497 e. The van der Waals surface area contributed by atoms with Crippen LogP contribution in [0.25, 0.3) is 0 Å². The lowest BCUT2D eigenvalue weighted by Crippen LogP contribution is -2.32. The molecular weight excluding hydrogens is 1250 g/mol. The second kappa shape index (κ2) is 37.5. The lowest BCUT2D eigenvalue weighted by Gasteiger charge is -2.29. The van der Waals surface area contributed by atoms with Gasteiger partial charge in [-0.15, -0.1) is 0 Å². The van der Waals surface area contributed by atoms with Crippen LogP contribution in [0.3, 0.4) is 0 Å². The Morgan fingerprint density at radius 2 is 0.758 bits per heavy atom. The first kappa shape index (κ1) is 72.2. The summed E-state index contributed by atoms with van der Waals surface area (Å²) >= 11 is 0. The number of carbonyl (C=O) groups excluding carboxylic acids is 1. The molecule has 11 aromatic rings. The highest BCUT2D eigenvalue weighted by Crippen LogP contribution is 2.45. The Morgan fingerprint density at radius 1 is 0.463 bits per heavy atom. The Hall–Kier alpha value is -8.62. The van der Waals surface area contributed by atoms with Crippen LogP contribution in [-0.2, 0) is 24.3 Å². The van der Waals surface area contributed by atoms with E-state index in [1.165, 1.54) is 38.2 Å². The number of aryl methyl sites for hydroxylation is 1. The molecule has 1 atom stereocenters. The molecule has 3 N–H and O–H groups in total. The Bertz CT molecular complexity index is 3970. The molecule has 11 aromatic carbocycles. The molecular formula is C82H87N2O7P3S. The normalized spacial score (nSPS) is 12.7. The number of sulfonamides is 1. The zero-order valence-electron chi connectivity index (χ0n) is 54.8. The molecule has 1 heterocycles. The maximum atomic E-state index is 13.2. The number of hydrogen-bond acceptors (Lipinski definition) is 7. The SMILES string of the molecule is C(COC1CCCCO1)=P(c1ccccc1)(c1ccccc1)c1ccccc1.CCC(C)=O.COc1ccc(OC)cc1.Cc1ccc(S(=O)(=O)NC=P(c2ccccc2)(c2ccccc2)c2ccccc2)cc1.NC=P(c1ccccc1)(c1ccccc1)c1ccccc1. The fourth-order valence-corrected chi connectivity index (χ4v) is 23.0. The number of Topliss-reactive ketones (excluding diaryl/α,β-unsaturated/α-hetero) is 1. The van der Waals surface area contributed by atoms with Crippen molar-refractivity contribution in [2.24, 2.45) is 5.73 Å². The molecule has 1 unspecified atom stereocenters. The van der Waals surface area contributed by atoms with E-state index in [9.17, 15) is 13.2 Å². The summed E-state index contributed by atoms with van der Waals surface area (Å²) in [4.78, 5) is 10.1. The standard InChI is InChI=1S/C26H24NO2PS.C25H27O2P.C19H18NP.C8H10O2.C4H8O/c1-22-17-19-26(20-18-22)31(28,29)27-21-30(23-11-5-2-6-12-23,24-13-7-3-8-14-24)25-15-9-4-10-16-25;1-4-12-22(13-5-1)28(23-14-6-2-7-15-23,24-16-8-3-9-17-24)21-20-27-25-18-10-11-19-26-25;20-16-21(17-10-4-1-5-11-17,18-12-6-2-7-13-18)19-14-8-3-9-15-19;1-9-7-3-5-8(10-2)6-4-7;1-3-4(2)5/h2-21,27H,1H3;1-9,12-17,21,25H,10-11,18-20H2;1-16H,20H2;3-6H,1-2H3;3H2,1-2H3. The van der Waals surface area contributed by atoms with E-state index < -0.39 is 30.7 Å². The van der Waals surface area contributed by atoms with Gasteiger partial charge in [-0.05, 0) is 150 Å². The molecule has 0 saturated carbocycles. The highest BCUT2D eigenvalue weighted by atomic mass is 32.2. The molecule has 1 saturated heterocycles. The molecule has 0 radical (unpaired) electrons. The monoisotopic (exact) mass is 1340 g/mol. The van der Waals surface area contributed by atoms with Crippen LogP contribution in [0.15, 0.2) is 326 Å². The minimum Gasteiger partial charge on any atom is -0.497 e. The van der Waals surface area contributed by atoms with Crippen molar-refractivity contribution < 1.29 is 32.2 Å². The predicted molar refractivity (Wildman–Crippen MR) is 409 cm³/mol. The minimum atomic E-state index is -3.71. The van der Waals surface area contributed by atoms with Crippen molar-refractivity contribution in [1.82, 2.24) is 4.72 Å². The molecule has 0 aromatic heterocycles. The van der Waals surface area contributed by atoms with Gasteiger partial charge in [-0.3, -0.25) is 0 Å². The summed E-state index contributed by atoms with van der Waals surface area (Å²) in [6.45, 7) is 0.554. The van der Waals surface area contributed by atoms with E-state index in [0.717, 1.165) is 52.4 Å². The highest BCUT2D eigenvalue weighted by Gasteiger charge is 2.28. The Balaban J connectivity index is 0.000000166. The molecule has 1 fully saturated rings. The van der Waals surface area contributed by atoms with E-state index in [1.807, 2.05) is 135 Å². The van der Waals surface area contributed by atoms with Gasteiger partial charge in [0.25, 0.3) is 0 Å². The van der Waals surface area contributed by atoms with Gasteiger partial charge in [0.05, 0.1) is 25.7 Å². The average Bonchev–Trinajstić information content (AvgIpc) is 0.778. The Labute approximate surface area is 564 Å². The van der Waals surface area contributed by atoms with Crippen molar-refractivity contribution in [1.29, 1.82) is 0 Å². The van der Waals surface area contributed by atoms with Crippen molar-refractivity contribution in [2.45, 2.75) is 57.6 Å². The topological polar surface area (TPSA) is 126 Å². The van der Waals surface area contributed by atoms with E-state index in [-0.39, 0.29) is 17.0 Å². The van der Waals surface area contributed by atoms with Gasteiger partial charge in [-0.1, -0.05) is 298 Å². The zero-order chi connectivity index (χ0) is 67.0. The smallest absolute Gasteiger partial charge is 0.244 e. The number of benzene rings is 11. The van der Waals surface area contributed by atoms with E-state index in [0.29, 0.717) is 13.0 Å². The number of nitrogens with one attached hydrogen (secondary N) is 1. The minimum absolute atomic E-state index is 0.0748. The molecule has 0 aliphatic carbocycles. The van der Waals surface area contributed by atoms with Crippen LogP contribution in [0.1, 0.15) is 45.1 Å². The van der Waals surface area contributed by atoms with Gasteiger partial charge < -0.3 is 29.5 Å². The molecule has 9 nitrogen and oxygen atoms in total. The Morgan fingerprint density at radius 3 is 1.02 bits per heavy atom. The molecule has 0 spiro atoms. The molecule has 0 amide bonds. The lowest BCUT2D eigenvalue weighted by molar-refractivity contribution is -0.152. The second-order valence-corrected chi connectivity index (χ2v) is 33.8. The lowest BCUT2D eigenvalue weighted by atomic mass is 10.2. The van der Waals surface area contributed by atoms with Crippen molar-refractivity contribution in [3.8, 4) is 11.5 Å². The molecule has 95 heavy (non-hydrogen) atoms. The molecule has 1 aliphatic rings. The van der Waals surface area contributed by atoms with Crippen LogP contribution in [0.2, 0.25) is 0 Å². The third-order valence-electron chi connectivity index (χ3n) is 16.0. The van der Waals surface area contributed by atoms with Gasteiger partial charge in [-0.2, -0.15) is 4.72 Å². The number of nitrogens with two attached hydrogens (primary N) is 1. The van der Waals surface area contributed by atoms with Crippen molar-refractivity contribution in [3.05, 3.63) is 327 Å². The van der Waals surface area contributed by atoms with Gasteiger partial charge in [0.2, 0.25) is 10.0 Å². The summed E-state index contributed by atoms with van der Waals surface area (Å²) in [6.07, 6.45) is 3.90. The number of hydrogen-bond donors (Lipinski definition) is 2. The summed E-state index contributed by atoms with van der Waals surface area (Å²) < 4.78 is 51.0. The van der Waals surface area contributed by atoms with Crippen LogP contribution in [0.4, 0.5) is 0 Å². The number of methoxy groups -OCH3 is 2. The molecule has 12 rings (SSSR count). The second-order valence-electron chi connectivity index (χ2n) is 22.1. The van der Waals surface area contributed by atoms with Crippen molar-refractivity contribution in [2.75, 3.05) is 27.4 Å². The van der Waals surface area contributed by atoms with Crippen LogP contribution in [0, 0.1) is 6.92 Å². The first-order chi connectivity index (χ1) is 46.4. The van der Waals surface area contributed by atoms with E-state index in [1.54, 1.807) is 33.3 Å². The fourth-order valence-electron chi connectivity index (χ4n) is 10.9. The summed E-state index contributed by atoms with van der Waals surface area (Å²) in [7, 11) is -0.431. The quantitative estimate of drug-likeness (QED) is 0.0814. The number of ketones is 1. The van der Waals surface area contributed by atoms with Gasteiger partial charge in [0, 0.05) is 18.9 Å². The molecule has 488 valence electrons. The van der Waals surface area contributed by atoms with Crippen molar-refractivity contribution in [3.63, 3.8) is 0 Å². The third-order valence-corrected chi connectivity index (χ3v) is 29.2. The van der Waals surface area contributed by atoms with Gasteiger partial charge in [-0.25, -0.2) is 8.42 Å². The van der Waals surface area contributed by atoms with Gasteiger partial charge in [0.15, 0.2) is 6.29 Å². The number of carbonyl (C=O) groups is 1. The summed E-state index contributed by atoms with van der Waals surface area (Å²) in [5.74, 6) is 8.08. The van der Waals surface area contributed by atoms with E-state index in [4.69, 9.17) is 24.7 Å². The van der Waals surface area contributed by atoms with Crippen molar-refractivity contribution >= 4 is 102 Å². The van der Waals surface area contributed by atoms with Gasteiger partial charge >= 0.3 is 0 Å². The number of ether oxygens (including phenoxy) is 4. The highest BCUT2D eigenvalue weighted by molar-refractivity contribution is 7.97. The van der Waals surface area contributed by atoms with Crippen LogP contribution in [-0.4, -0.2) is 65.6 Å². The van der Waals surface area contributed by atoms with E-state index >= 15 is 0 Å². The average molecular weight is 1340 g/mol. The first-order valence-electron chi connectivity index (χ1n) is 31.8. The molecule has 13 heteroatoms. The summed E-state index contributed by atoms with van der Waals surface area (Å²) in [6, 6.07) is 109. The maximum absolute atomic E-state index is 13.2. The van der Waals surface area contributed by atoms with Gasteiger partial charge in [0.1, 0.15) is 17.3 Å².